The second kappa shape index (κ2) is 7.88. The molecule has 0 amide bonds. The Kier molecular flexibility index (Phi) is 6.50. The minimum absolute atomic E-state index is 0.134. The second-order valence-corrected chi connectivity index (χ2v) is 6.25. The van der Waals surface area contributed by atoms with Crippen molar-refractivity contribution in [2.24, 2.45) is 0 Å². The molecule has 4 N–H and O–H groups in total. The van der Waals surface area contributed by atoms with Gasteiger partial charge in [0.25, 0.3) is 5.56 Å². The van der Waals surface area contributed by atoms with Gasteiger partial charge in [0.15, 0.2) is 0 Å². The van der Waals surface area contributed by atoms with E-state index < -0.39 is 22.0 Å². The molecule has 1 unspecified atom stereocenters. The zero-order valence-electron chi connectivity index (χ0n) is 11.9. The molecule has 0 radical (unpaired) electrons. The summed E-state index contributed by atoms with van der Waals surface area (Å²) in [5.41, 5.74) is 5.02. The molecule has 0 aromatic carbocycles. The van der Waals surface area contributed by atoms with Crippen LogP contribution in [0.3, 0.4) is 0 Å². The van der Waals surface area contributed by atoms with Crippen LogP contribution in [0, 0.1) is 0 Å². The first-order valence-corrected chi connectivity index (χ1v) is 8.21. The number of nitrogen functional groups attached to an aromatic ring is 1. The summed E-state index contributed by atoms with van der Waals surface area (Å²) in [4.78, 5) is 25.7. The van der Waals surface area contributed by atoms with Crippen molar-refractivity contribution in [3.63, 3.8) is 0 Å². The third kappa shape index (κ3) is 4.22. The summed E-state index contributed by atoms with van der Waals surface area (Å²) in [6.07, 6.45) is 1.72. The van der Waals surface area contributed by atoms with Gasteiger partial charge in [-0.1, -0.05) is 20.3 Å². The molecule has 0 bridgehead atoms. The molecule has 1 aromatic rings. The molecule has 0 aliphatic heterocycles. The minimum atomic E-state index is -0.913. The van der Waals surface area contributed by atoms with Gasteiger partial charge < -0.3 is 11.1 Å². The molecule has 0 saturated heterocycles. The number of anilines is 2. The molecular formula is C12H22N4O3S. The van der Waals surface area contributed by atoms with Gasteiger partial charge in [-0.15, -0.1) is 0 Å². The molecule has 1 heterocycles. The summed E-state index contributed by atoms with van der Waals surface area (Å²) < 4.78 is 12.7. The van der Waals surface area contributed by atoms with Crippen molar-refractivity contribution < 1.29 is 4.21 Å². The minimum Gasteiger partial charge on any atom is -0.383 e. The lowest BCUT2D eigenvalue weighted by molar-refractivity contribution is 0.605. The zero-order chi connectivity index (χ0) is 15.1. The summed E-state index contributed by atoms with van der Waals surface area (Å²) in [7, 11) is -0.913. The third-order valence-electron chi connectivity index (χ3n) is 2.93. The monoisotopic (exact) mass is 302 g/mol. The van der Waals surface area contributed by atoms with Gasteiger partial charge in [-0.05, 0) is 6.42 Å². The average Bonchev–Trinajstić information content (AvgIpc) is 2.41. The molecule has 114 valence electrons. The van der Waals surface area contributed by atoms with E-state index in [1.165, 1.54) is 4.57 Å². The fourth-order valence-electron chi connectivity index (χ4n) is 1.73. The van der Waals surface area contributed by atoms with Gasteiger partial charge in [-0.3, -0.25) is 18.6 Å². The second-order valence-electron chi connectivity index (χ2n) is 4.38. The summed E-state index contributed by atoms with van der Waals surface area (Å²) in [6, 6.07) is 0. The fourth-order valence-corrected chi connectivity index (χ4v) is 2.35. The normalized spacial score (nSPS) is 12.3. The van der Waals surface area contributed by atoms with Crippen molar-refractivity contribution in [1.82, 2.24) is 9.55 Å². The van der Waals surface area contributed by atoms with E-state index in [9.17, 15) is 13.8 Å². The molecule has 1 atom stereocenters. The number of nitrogens with one attached hydrogen (secondary N) is 2. The van der Waals surface area contributed by atoms with Crippen molar-refractivity contribution in [2.45, 2.75) is 33.2 Å². The highest BCUT2D eigenvalue weighted by Crippen LogP contribution is 2.10. The SMILES string of the molecule is CCCCn1c(N)c(NCCS(=O)CC)c(=O)[nH]c1=O. The highest BCUT2D eigenvalue weighted by molar-refractivity contribution is 7.84. The molecule has 0 saturated carbocycles. The molecule has 8 heteroatoms. The van der Waals surface area contributed by atoms with Gasteiger partial charge >= 0.3 is 5.69 Å². The molecule has 0 fully saturated rings. The predicted molar refractivity (Wildman–Crippen MR) is 82.7 cm³/mol. The predicted octanol–water partition coefficient (Wildman–Crippen LogP) is 0.0994. The summed E-state index contributed by atoms with van der Waals surface area (Å²) in [5.74, 6) is 1.14. The summed E-state index contributed by atoms with van der Waals surface area (Å²) in [5, 5.41) is 2.87. The Morgan fingerprint density at radius 1 is 1.35 bits per heavy atom. The van der Waals surface area contributed by atoms with Crippen molar-refractivity contribution in [3.8, 4) is 0 Å². The Morgan fingerprint density at radius 2 is 2.05 bits per heavy atom. The molecule has 0 spiro atoms. The number of aromatic amines is 1. The maximum atomic E-state index is 11.7. The van der Waals surface area contributed by atoms with E-state index in [-0.39, 0.29) is 11.5 Å². The van der Waals surface area contributed by atoms with Crippen LogP contribution in [0.2, 0.25) is 0 Å². The third-order valence-corrected chi connectivity index (χ3v) is 4.23. The number of hydrogen-bond donors (Lipinski definition) is 3. The van der Waals surface area contributed by atoms with Gasteiger partial charge in [0.05, 0.1) is 0 Å². The quantitative estimate of drug-likeness (QED) is 0.631. The van der Waals surface area contributed by atoms with Crippen LogP contribution in [0.15, 0.2) is 9.59 Å². The molecule has 1 rings (SSSR count). The van der Waals surface area contributed by atoms with E-state index in [4.69, 9.17) is 5.73 Å². The largest absolute Gasteiger partial charge is 0.383 e. The summed E-state index contributed by atoms with van der Waals surface area (Å²) >= 11 is 0. The van der Waals surface area contributed by atoms with E-state index in [0.29, 0.717) is 24.6 Å². The van der Waals surface area contributed by atoms with Crippen LogP contribution in [-0.4, -0.2) is 31.8 Å². The van der Waals surface area contributed by atoms with E-state index in [2.05, 4.69) is 10.3 Å². The lowest BCUT2D eigenvalue weighted by atomic mass is 10.3. The molecular weight excluding hydrogens is 280 g/mol. The zero-order valence-corrected chi connectivity index (χ0v) is 12.7. The van der Waals surface area contributed by atoms with Crippen LogP contribution in [0.25, 0.3) is 0 Å². The standard InChI is InChI=1S/C12H22N4O3S/c1-3-5-7-16-10(13)9(11(17)15-12(16)18)14-6-8-20(19)4-2/h14H,3-8,13H2,1-2H3,(H,15,17,18). The Balaban J connectivity index is 2.92. The van der Waals surface area contributed by atoms with Gasteiger partial charge in [0.1, 0.15) is 11.5 Å². The summed E-state index contributed by atoms with van der Waals surface area (Å²) in [6.45, 7) is 4.68. The highest BCUT2D eigenvalue weighted by atomic mass is 32.2. The number of nitrogens with two attached hydrogens (primary N) is 1. The number of aromatic nitrogens is 2. The number of rotatable bonds is 8. The first kappa shape index (κ1) is 16.5. The van der Waals surface area contributed by atoms with E-state index in [1.807, 2.05) is 13.8 Å². The van der Waals surface area contributed by atoms with Gasteiger partial charge in [0.2, 0.25) is 0 Å². The molecule has 1 aromatic heterocycles. The van der Waals surface area contributed by atoms with Crippen LogP contribution >= 0.6 is 0 Å². The highest BCUT2D eigenvalue weighted by Gasteiger charge is 2.11. The van der Waals surface area contributed by atoms with Crippen molar-refractivity contribution in [2.75, 3.05) is 29.1 Å². The van der Waals surface area contributed by atoms with Crippen LogP contribution in [0.4, 0.5) is 11.5 Å². The Bertz CT molecular complexity index is 579. The van der Waals surface area contributed by atoms with Crippen molar-refractivity contribution >= 4 is 22.3 Å². The number of hydrogen-bond acceptors (Lipinski definition) is 5. The average molecular weight is 302 g/mol. The van der Waals surface area contributed by atoms with Crippen LogP contribution in [0.5, 0.6) is 0 Å². The van der Waals surface area contributed by atoms with Crippen molar-refractivity contribution in [3.05, 3.63) is 20.8 Å². The van der Waals surface area contributed by atoms with Crippen LogP contribution in [-0.2, 0) is 17.3 Å². The molecule has 7 nitrogen and oxygen atoms in total. The van der Waals surface area contributed by atoms with E-state index in [1.54, 1.807) is 0 Å². The van der Waals surface area contributed by atoms with Crippen LogP contribution in [0.1, 0.15) is 26.7 Å². The smallest absolute Gasteiger partial charge is 0.330 e. The lowest BCUT2D eigenvalue weighted by Crippen LogP contribution is -2.34. The topological polar surface area (TPSA) is 110 Å². The van der Waals surface area contributed by atoms with E-state index in [0.717, 1.165) is 12.8 Å². The van der Waals surface area contributed by atoms with Gasteiger partial charge in [0, 0.05) is 35.4 Å². The first-order valence-electron chi connectivity index (χ1n) is 6.72. The van der Waals surface area contributed by atoms with Gasteiger partial charge in [-0.25, -0.2) is 4.79 Å². The Morgan fingerprint density at radius 3 is 2.65 bits per heavy atom. The first-order chi connectivity index (χ1) is 9.51. The maximum Gasteiger partial charge on any atom is 0.330 e. The molecule has 20 heavy (non-hydrogen) atoms. The molecule has 0 aliphatic carbocycles. The fraction of sp³-hybridized carbons (Fsp3) is 0.667. The Hall–Kier alpha value is -1.57. The van der Waals surface area contributed by atoms with E-state index >= 15 is 0 Å². The Labute approximate surface area is 120 Å². The maximum absolute atomic E-state index is 11.7. The van der Waals surface area contributed by atoms with Crippen LogP contribution < -0.4 is 22.3 Å². The number of nitrogens with zero attached hydrogens (tertiary/aromatic N) is 1. The lowest BCUT2D eigenvalue weighted by Gasteiger charge is -2.13. The van der Waals surface area contributed by atoms with Gasteiger partial charge in [-0.2, -0.15) is 0 Å². The number of unbranched alkanes of at least 4 members (excludes halogenated alkanes) is 1. The van der Waals surface area contributed by atoms with Crippen molar-refractivity contribution in [1.29, 1.82) is 0 Å². The molecule has 0 aliphatic rings. The number of H-pyrrole nitrogens is 1.